The molecule has 2 unspecified atom stereocenters. The zero-order valence-corrected chi connectivity index (χ0v) is 19.1. The lowest BCUT2D eigenvalue weighted by Gasteiger charge is -2.29. The smallest absolute Gasteiger partial charge is 0.429 e. The zero-order valence-electron chi connectivity index (χ0n) is 19.1. The summed E-state index contributed by atoms with van der Waals surface area (Å²) in [6.45, 7) is 5.19. The minimum atomic E-state index is -4.33. The second kappa shape index (κ2) is 9.87. The van der Waals surface area contributed by atoms with Gasteiger partial charge in [0.2, 0.25) is 0 Å². The van der Waals surface area contributed by atoms with Crippen molar-refractivity contribution < 1.29 is 40.2 Å². The summed E-state index contributed by atoms with van der Waals surface area (Å²) in [5.74, 6) is -5.41. The number of hydrogen-bond acceptors (Lipinski definition) is 2. The van der Waals surface area contributed by atoms with Crippen LogP contribution in [0, 0.1) is 17.5 Å². The van der Waals surface area contributed by atoms with Crippen molar-refractivity contribution in [1.82, 2.24) is 0 Å². The van der Waals surface area contributed by atoms with Crippen LogP contribution in [-0.4, -0.2) is 6.61 Å². The molecule has 0 N–H and O–H groups in total. The average molecular weight is 510 g/mol. The Morgan fingerprint density at radius 1 is 0.889 bits per heavy atom. The third-order valence-corrected chi connectivity index (χ3v) is 5.91. The topological polar surface area (TPSA) is 18.5 Å². The van der Waals surface area contributed by atoms with E-state index < -0.39 is 58.3 Å². The maximum Gasteiger partial charge on any atom is 0.429 e. The van der Waals surface area contributed by atoms with Crippen LogP contribution in [0.4, 0.5) is 30.7 Å². The fraction of sp³-hybridized carbons (Fsp3) is 0.259. The van der Waals surface area contributed by atoms with Gasteiger partial charge < -0.3 is 9.47 Å². The molecule has 2 atom stereocenters. The van der Waals surface area contributed by atoms with Crippen molar-refractivity contribution in [1.29, 1.82) is 0 Å². The normalized spacial score (nSPS) is 16.8. The Balaban J connectivity index is 1.72. The molecule has 3 aromatic rings. The minimum absolute atomic E-state index is 0.0734. The molecule has 0 bridgehead atoms. The number of rotatable bonds is 8. The fourth-order valence-corrected chi connectivity index (χ4v) is 4.21. The molecule has 190 valence electrons. The monoisotopic (exact) mass is 510 g/mol. The first-order chi connectivity index (χ1) is 17.1. The summed E-state index contributed by atoms with van der Waals surface area (Å²) in [7, 11) is 0. The van der Waals surface area contributed by atoms with Gasteiger partial charge in [0.1, 0.15) is 5.82 Å². The first kappa shape index (κ1) is 25.6. The lowest BCUT2D eigenvalue weighted by Crippen LogP contribution is -2.25. The maximum absolute atomic E-state index is 15.2. The van der Waals surface area contributed by atoms with Gasteiger partial charge >= 0.3 is 6.11 Å². The Kier molecular flexibility index (Phi) is 7.02. The van der Waals surface area contributed by atoms with Crippen LogP contribution in [0.15, 0.2) is 55.1 Å². The van der Waals surface area contributed by atoms with Crippen molar-refractivity contribution in [3.63, 3.8) is 0 Å². The van der Waals surface area contributed by atoms with Gasteiger partial charge in [-0.1, -0.05) is 24.3 Å². The van der Waals surface area contributed by atoms with Gasteiger partial charge in [-0.2, -0.15) is 8.78 Å². The van der Waals surface area contributed by atoms with E-state index in [4.69, 9.17) is 4.74 Å². The van der Waals surface area contributed by atoms with Crippen molar-refractivity contribution >= 4 is 0 Å². The van der Waals surface area contributed by atoms with Crippen molar-refractivity contribution in [2.24, 2.45) is 0 Å². The predicted molar refractivity (Wildman–Crippen MR) is 120 cm³/mol. The van der Waals surface area contributed by atoms with Gasteiger partial charge in [0, 0.05) is 11.1 Å². The zero-order chi connectivity index (χ0) is 26.2. The van der Waals surface area contributed by atoms with Crippen molar-refractivity contribution in [3.8, 4) is 22.6 Å². The van der Waals surface area contributed by atoms with Gasteiger partial charge in [0.25, 0.3) is 0 Å². The predicted octanol–water partition coefficient (Wildman–Crippen LogP) is 8.45. The highest BCUT2D eigenvalue weighted by atomic mass is 19.3. The lowest BCUT2D eigenvalue weighted by atomic mass is 9.82. The van der Waals surface area contributed by atoms with Crippen molar-refractivity contribution in [2.45, 2.75) is 38.2 Å². The van der Waals surface area contributed by atoms with Crippen LogP contribution in [-0.2, 0) is 12.5 Å². The number of halogens is 7. The number of aryl methyl sites for hydroxylation is 1. The van der Waals surface area contributed by atoms with E-state index >= 15 is 8.78 Å². The molecule has 0 fully saturated rings. The summed E-state index contributed by atoms with van der Waals surface area (Å²) >= 11 is 0. The Morgan fingerprint density at radius 3 is 2.03 bits per heavy atom. The van der Waals surface area contributed by atoms with E-state index in [0.29, 0.717) is 18.4 Å². The molecule has 1 aliphatic carbocycles. The molecule has 0 saturated heterocycles. The van der Waals surface area contributed by atoms with E-state index in [1.54, 1.807) is 13.0 Å². The van der Waals surface area contributed by atoms with Crippen molar-refractivity contribution in [2.75, 3.05) is 6.61 Å². The third kappa shape index (κ3) is 4.42. The van der Waals surface area contributed by atoms with E-state index in [1.807, 2.05) is 0 Å². The van der Waals surface area contributed by atoms with E-state index in [9.17, 15) is 22.0 Å². The maximum atomic E-state index is 15.2. The summed E-state index contributed by atoms with van der Waals surface area (Å²) in [6, 6.07) is 7.22. The first-order valence-corrected chi connectivity index (χ1v) is 11.1. The molecule has 0 amide bonds. The van der Waals surface area contributed by atoms with E-state index in [1.165, 1.54) is 18.2 Å². The van der Waals surface area contributed by atoms with Crippen LogP contribution in [0.3, 0.4) is 0 Å². The Bertz CT molecular complexity index is 1310. The number of alkyl halides is 4. The van der Waals surface area contributed by atoms with Crippen molar-refractivity contribution in [3.05, 3.63) is 94.8 Å². The average Bonchev–Trinajstić information content (AvgIpc) is 2.83. The lowest BCUT2D eigenvalue weighted by molar-refractivity contribution is -0.189. The summed E-state index contributed by atoms with van der Waals surface area (Å²) in [6.07, 6.45) is -7.19. The van der Waals surface area contributed by atoms with E-state index in [0.717, 1.165) is 24.3 Å². The Hall–Kier alpha value is -3.49. The largest absolute Gasteiger partial charge is 0.491 e. The van der Waals surface area contributed by atoms with Gasteiger partial charge in [-0.3, -0.25) is 0 Å². The third-order valence-electron chi connectivity index (χ3n) is 5.91. The highest BCUT2D eigenvalue weighted by Gasteiger charge is 2.43. The van der Waals surface area contributed by atoms with Gasteiger partial charge in [-0.25, -0.2) is 22.0 Å². The molecule has 0 spiro atoms. The number of fused-ring (bicyclic) bond motifs is 3. The highest BCUT2D eigenvalue weighted by molar-refractivity contribution is 5.76. The summed E-state index contributed by atoms with van der Waals surface area (Å²) in [5, 5.41) is 0. The van der Waals surface area contributed by atoms with Crippen LogP contribution in [0.2, 0.25) is 0 Å². The standard InChI is InChI=1S/C27H21F7O2/c1-3-5-6-14-7-10-17(18(28)13-14)27(33,34)36-20-12-9-16-15-8-11-19(35-4-2)23(29)21(15)25(31)26(32)22(16)24(20)30/h3,7-13,25-26H,1,4-6H2,2H3. The van der Waals surface area contributed by atoms with Gasteiger partial charge in [-0.05, 0) is 60.7 Å². The molecule has 4 rings (SSSR count). The molecule has 3 aromatic carbocycles. The molecule has 36 heavy (non-hydrogen) atoms. The van der Waals surface area contributed by atoms with Crippen LogP contribution in [0.25, 0.3) is 11.1 Å². The van der Waals surface area contributed by atoms with Crippen LogP contribution < -0.4 is 9.47 Å². The Labute approximate surface area is 203 Å². The second-order valence-electron chi connectivity index (χ2n) is 8.17. The molecular formula is C27H21F7O2. The second-order valence-corrected chi connectivity index (χ2v) is 8.17. The first-order valence-electron chi connectivity index (χ1n) is 11.1. The molecule has 0 radical (unpaired) electrons. The summed E-state index contributed by atoms with van der Waals surface area (Å²) in [5.41, 5.74) is -2.63. The highest BCUT2D eigenvalue weighted by Crippen LogP contribution is 2.53. The fourth-order valence-electron chi connectivity index (χ4n) is 4.21. The summed E-state index contributed by atoms with van der Waals surface area (Å²) < 4.78 is 114. The van der Waals surface area contributed by atoms with Gasteiger partial charge in [-0.15, -0.1) is 6.58 Å². The molecule has 0 saturated carbocycles. The SMILES string of the molecule is C=CCCc1ccc(C(F)(F)Oc2ccc3c(c2F)C(F)C(F)c2c-3ccc(OCC)c2F)c(F)c1. The number of allylic oxidation sites excluding steroid dienone is 1. The number of benzene rings is 3. The molecule has 0 heterocycles. The van der Waals surface area contributed by atoms with Crippen LogP contribution >= 0.6 is 0 Å². The minimum Gasteiger partial charge on any atom is -0.491 e. The summed E-state index contributed by atoms with van der Waals surface area (Å²) in [4.78, 5) is 0. The molecule has 1 aliphatic rings. The molecule has 0 aromatic heterocycles. The molecular weight excluding hydrogens is 489 g/mol. The quantitative estimate of drug-likeness (QED) is 0.224. The van der Waals surface area contributed by atoms with Crippen LogP contribution in [0.1, 0.15) is 47.9 Å². The Morgan fingerprint density at radius 2 is 1.47 bits per heavy atom. The van der Waals surface area contributed by atoms with Gasteiger partial charge in [0.15, 0.2) is 35.5 Å². The number of hydrogen-bond donors (Lipinski definition) is 0. The molecule has 0 aliphatic heterocycles. The van der Waals surface area contributed by atoms with E-state index in [2.05, 4.69) is 11.3 Å². The van der Waals surface area contributed by atoms with Crippen LogP contribution in [0.5, 0.6) is 11.5 Å². The molecule has 2 nitrogen and oxygen atoms in total. The van der Waals surface area contributed by atoms with E-state index in [-0.39, 0.29) is 23.5 Å². The number of ether oxygens (including phenoxy) is 2. The molecule has 9 heteroatoms. The van der Waals surface area contributed by atoms with Gasteiger partial charge in [0.05, 0.1) is 12.2 Å².